The first-order valence-electron chi connectivity index (χ1n) is 6.68. The van der Waals surface area contributed by atoms with Crippen molar-refractivity contribution in [2.24, 2.45) is 5.73 Å². The normalized spacial score (nSPS) is 11.7. The second-order valence-electron chi connectivity index (χ2n) is 6.31. The first-order valence-corrected chi connectivity index (χ1v) is 9.68. The minimum atomic E-state index is -1.52. The van der Waals surface area contributed by atoms with E-state index in [-0.39, 0.29) is 0 Å². The van der Waals surface area contributed by atoms with Gasteiger partial charge in [-0.15, -0.1) is 5.54 Å². The molecule has 1 rings (SSSR count). The Hall–Kier alpha value is -1.24. The fourth-order valence-electron chi connectivity index (χ4n) is 1.29. The summed E-state index contributed by atoms with van der Waals surface area (Å²) in [4.78, 5) is 0. The van der Waals surface area contributed by atoms with E-state index in [0.717, 1.165) is 11.3 Å². The molecule has 2 nitrogen and oxygen atoms in total. The zero-order chi connectivity index (χ0) is 14.5. The lowest BCUT2D eigenvalue weighted by Gasteiger charge is -2.31. The highest BCUT2D eigenvalue weighted by Crippen LogP contribution is 2.35. The molecule has 2 N–H and O–H groups in total. The van der Waals surface area contributed by atoms with Crippen molar-refractivity contribution in [2.75, 3.05) is 6.61 Å². The fourth-order valence-corrected chi connectivity index (χ4v) is 2.17. The highest BCUT2D eigenvalue weighted by Gasteiger charge is 2.33. The molecule has 104 valence electrons. The van der Waals surface area contributed by atoms with Crippen LogP contribution in [-0.4, -0.2) is 14.7 Å². The maximum absolute atomic E-state index is 5.62. The third kappa shape index (κ3) is 4.74. The van der Waals surface area contributed by atoms with Crippen molar-refractivity contribution in [1.29, 1.82) is 0 Å². The van der Waals surface area contributed by atoms with Gasteiger partial charge in [0.1, 0.15) is 20.4 Å². The van der Waals surface area contributed by atoms with Crippen molar-refractivity contribution >= 4 is 8.07 Å². The van der Waals surface area contributed by atoms with E-state index in [2.05, 4.69) is 45.3 Å². The number of nitrogens with two attached hydrogens (primary N) is 1. The van der Waals surface area contributed by atoms with Gasteiger partial charge in [-0.25, -0.2) is 0 Å². The van der Waals surface area contributed by atoms with Crippen molar-refractivity contribution in [3.63, 3.8) is 0 Å². The number of benzene rings is 1. The third-order valence-corrected chi connectivity index (χ3v) is 8.30. The van der Waals surface area contributed by atoms with Crippen molar-refractivity contribution in [1.82, 2.24) is 0 Å². The van der Waals surface area contributed by atoms with Gasteiger partial charge in [0, 0.05) is 6.54 Å². The lowest BCUT2D eigenvalue weighted by atomic mass is 10.2. The molecule has 1 aromatic carbocycles. The fraction of sp³-hybridized carbons (Fsp3) is 0.500. The van der Waals surface area contributed by atoms with Gasteiger partial charge in [0.2, 0.25) is 0 Å². The van der Waals surface area contributed by atoms with E-state index in [9.17, 15) is 0 Å². The molecule has 3 heteroatoms. The first kappa shape index (κ1) is 15.8. The van der Waals surface area contributed by atoms with Gasteiger partial charge >= 0.3 is 0 Å². The number of hydrogen-bond acceptors (Lipinski definition) is 2. The van der Waals surface area contributed by atoms with E-state index < -0.39 is 8.07 Å². The standard InChI is InChI=1S/C16H25NOSi/c1-16(2,3)19(4,5)12-6-11-18-15-9-7-14(13-17)8-10-15/h7-10H,11,13,17H2,1-5H3. The largest absolute Gasteiger partial charge is 0.481 e. The predicted octanol–water partition coefficient (Wildman–Crippen LogP) is 3.58. The Bertz CT molecular complexity index is 460. The van der Waals surface area contributed by atoms with Crippen LogP contribution < -0.4 is 10.5 Å². The van der Waals surface area contributed by atoms with Gasteiger partial charge in [-0.3, -0.25) is 0 Å². The Morgan fingerprint density at radius 1 is 1.16 bits per heavy atom. The summed E-state index contributed by atoms with van der Waals surface area (Å²) in [5.41, 5.74) is 10.1. The van der Waals surface area contributed by atoms with E-state index in [0.29, 0.717) is 18.2 Å². The topological polar surface area (TPSA) is 35.2 Å². The van der Waals surface area contributed by atoms with Gasteiger partial charge in [0.25, 0.3) is 0 Å². The summed E-state index contributed by atoms with van der Waals surface area (Å²) in [5, 5.41) is 0.294. The smallest absolute Gasteiger partial charge is 0.148 e. The number of ether oxygens (including phenoxy) is 1. The Balaban J connectivity index is 2.55. The average molecular weight is 275 g/mol. The Kier molecular flexibility index (Phi) is 5.22. The Labute approximate surface area is 118 Å². The number of rotatable bonds is 3. The second-order valence-corrected chi connectivity index (χ2v) is 11.3. The van der Waals surface area contributed by atoms with Crippen LogP contribution in [0.15, 0.2) is 24.3 Å². The predicted molar refractivity (Wildman–Crippen MR) is 84.8 cm³/mol. The number of hydrogen-bond donors (Lipinski definition) is 1. The zero-order valence-electron chi connectivity index (χ0n) is 12.7. The van der Waals surface area contributed by atoms with E-state index in [1.54, 1.807) is 0 Å². The molecule has 1 aromatic rings. The molecule has 0 bridgehead atoms. The molecule has 0 saturated heterocycles. The van der Waals surface area contributed by atoms with Gasteiger partial charge in [-0.05, 0) is 22.7 Å². The van der Waals surface area contributed by atoms with Crippen LogP contribution in [-0.2, 0) is 6.54 Å². The summed E-state index contributed by atoms with van der Waals surface area (Å²) in [5.74, 6) is 4.02. The summed E-state index contributed by atoms with van der Waals surface area (Å²) in [6.07, 6.45) is 0. The van der Waals surface area contributed by atoms with Gasteiger partial charge in [-0.2, -0.15) is 0 Å². The lowest BCUT2D eigenvalue weighted by molar-refractivity contribution is 0.370. The molecule has 0 aliphatic carbocycles. The molecule has 0 fully saturated rings. The van der Waals surface area contributed by atoms with Crippen molar-refractivity contribution in [3.05, 3.63) is 29.8 Å². The molecular weight excluding hydrogens is 250 g/mol. The Morgan fingerprint density at radius 3 is 2.21 bits per heavy atom. The van der Waals surface area contributed by atoms with Crippen LogP contribution in [0.1, 0.15) is 26.3 Å². The lowest BCUT2D eigenvalue weighted by Crippen LogP contribution is -2.35. The summed E-state index contributed by atoms with van der Waals surface area (Å²) < 4.78 is 5.62. The van der Waals surface area contributed by atoms with Gasteiger partial charge in [0.05, 0.1) is 0 Å². The molecular formula is C16H25NOSi. The molecule has 0 aliphatic rings. The molecule has 0 atom stereocenters. The average Bonchev–Trinajstić information content (AvgIpc) is 2.34. The van der Waals surface area contributed by atoms with Crippen LogP contribution in [0.3, 0.4) is 0 Å². The molecule has 0 radical (unpaired) electrons. The molecule has 0 amide bonds. The van der Waals surface area contributed by atoms with E-state index >= 15 is 0 Å². The van der Waals surface area contributed by atoms with Crippen molar-refractivity contribution in [2.45, 2.75) is 45.4 Å². The summed E-state index contributed by atoms with van der Waals surface area (Å²) in [6, 6.07) is 7.85. The maximum atomic E-state index is 5.62. The zero-order valence-corrected chi connectivity index (χ0v) is 13.7. The third-order valence-electron chi connectivity index (χ3n) is 3.75. The van der Waals surface area contributed by atoms with Crippen molar-refractivity contribution < 1.29 is 4.74 Å². The summed E-state index contributed by atoms with van der Waals surface area (Å²) in [7, 11) is -1.52. The van der Waals surface area contributed by atoms with E-state index in [4.69, 9.17) is 10.5 Å². The minimum Gasteiger partial charge on any atom is -0.481 e. The molecule has 0 aliphatic heterocycles. The molecule has 19 heavy (non-hydrogen) atoms. The highest BCUT2D eigenvalue weighted by molar-refractivity contribution is 6.87. The van der Waals surface area contributed by atoms with E-state index in [1.807, 2.05) is 24.3 Å². The van der Waals surface area contributed by atoms with Gasteiger partial charge < -0.3 is 10.5 Å². The second kappa shape index (κ2) is 6.27. The Morgan fingerprint density at radius 2 is 1.74 bits per heavy atom. The van der Waals surface area contributed by atoms with E-state index in [1.165, 1.54) is 0 Å². The van der Waals surface area contributed by atoms with Crippen LogP contribution >= 0.6 is 0 Å². The maximum Gasteiger partial charge on any atom is 0.148 e. The molecule has 0 heterocycles. The summed E-state index contributed by atoms with van der Waals surface area (Å²) in [6.45, 7) is 12.4. The highest BCUT2D eigenvalue weighted by atomic mass is 28.3. The van der Waals surface area contributed by atoms with Crippen LogP contribution in [0.25, 0.3) is 0 Å². The SMILES string of the molecule is CC(C)(C)[Si](C)(C)C#CCOc1ccc(CN)cc1. The van der Waals surface area contributed by atoms with Crippen LogP contribution in [0.2, 0.25) is 18.1 Å². The molecule has 0 spiro atoms. The van der Waals surface area contributed by atoms with Crippen LogP contribution in [0.4, 0.5) is 0 Å². The van der Waals surface area contributed by atoms with Crippen molar-refractivity contribution in [3.8, 4) is 17.2 Å². The van der Waals surface area contributed by atoms with Gasteiger partial charge in [0.15, 0.2) is 0 Å². The molecule has 0 aromatic heterocycles. The first-order chi connectivity index (χ1) is 8.76. The summed E-state index contributed by atoms with van der Waals surface area (Å²) >= 11 is 0. The van der Waals surface area contributed by atoms with Crippen LogP contribution in [0.5, 0.6) is 5.75 Å². The van der Waals surface area contributed by atoms with Gasteiger partial charge in [-0.1, -0.05) is 51.9 Å². The van der Waals surface area contributed by atoms with Crippen LogP contribution in [0, 0.1) is 11.5 Å². The monoisotopic (exact) mass is 275 g/mol. The molecule has 0 unspecified atom stereocenters. The molecule has 0 saturated carbocycles. The minimum absolute atomic E-state index is 0.294. The quantitative estimate of drug-likeness (QED) is 0.676.